The number of hydrogen-bond acceptors (Lipinski definition) is 3. The zero-order valence-electron chi connectivity index (χ0n) is 10.3. The maximum Gasteiger partial charge on any atom is 0.324 e. The quantitative estimate of drug-likeness (QED) is 0.850. The lowest BCUT2D eigenvalue weighted by molar-refractivity contribution is 0.262. The maximum absolute atomic E-state index is 11.7. The van der Waals surface area contributed by atoms with Gasteiger partial charge in [0.1, 0.15) is 11.6 Å². The molecule has 5 heteroatoms. The molecule has 0 atom stereocenters. The highest BCUT2D eigenvalue weighted by Crippen LogP contribution is 2.10. The van der Waals surface area contributed by atoms with Crippen LogP contribution in [0.4, 0.5) is 16.3 Å². The molecule has 0 radical (unpaired) electrons. The number of nitrogens with one attached hydrogen (secondary N) is 2. The molecule has 0 aliphatic carbocycles. The predicted octanol–water partition coefficient (Wildman–Crippen LogP) is 2.74. The Morgan fingerprint density at radius 3 is 2.72 bits per heavy atom. The van der Waals surface area contributed by atoms with Crippen LogP contribution in [0, 0.1) is 13.8 Å². The number of aryl methyl sites for hydroxylation is 2. The molecule has 0 fully saturated rings. The van der Waals surface area contributed by atoms with Crippen molar-refractivity contribution in [2.45, 2.75) is 13.8 Å². The van der Waals surface area contributed by atoms with E-state index in [1.807, 2.05) is 31.2 Å². The zero-order valence-corrected chi connectivity index (χ0v) is 10.3. The van der Waals surface area contributed by atoms with Gasteiger partial charge in [0, 0.05) is 11.9 Å². The molecule has 2 amide bonds. The third-order valence-electron chi connectivity index (χ3n) is 2.29. The van der Waals surface area contributed by atoms with Crippen molar-refractivity contribution >= 4 is 17.5 Å². The topological polar surface area (TPSA) is 66.9 Å². The fraction of sp³-hybridized carbons (Fsp3) is 0.154. The summed E-state index contributed by atoms with van der Waals surface area (Å²) in [4.78, 5) is 19.8. The lowest BCUT2D eigenvalue weighted by atomic mass is 10.2. The van der Waals surface area contributed by atoms with Gasteiger partial charge in [-0.3, -0.25) is 5.32 Å². The second-order valence-corrected chi connectivity index (χ2v) is 3.94. The van der Waals surface area contributed by atoms with E-state index >= 15 is 0 Å². The van der Waals surface area contributed by atoms with Crippen LogP contribution in [0.1, 0.15) is 11.4 Å². The van der Waals surface area contributed by atoms with Crippen LogP contribution in [0.25, 0.3) is 0 Å². The Morgan fingerprint density at radius 2 is 2.00 bits per heavy atom. The number of carbonyl (C=O) groups is 1. The first-order valence-corrected chi connectivity index (χ1v) is 5.58. The molecule has 1 aromatic heterocycles. The first-order valence-electron chi connectivity index (χ1n) is 5.58. The van der Waals surface area contributed by atoms with Gasteiger partial charge in [0.05, 0.1) is 0 Å². The summed E-state index contributed by atoms with van der Waals surface area (Å²) in [6.45, 7) is 3.74. The number of rotatable bonds is 2. The van der Waals surface area contributed by atoms with Crippen molar-refractivity contribution < 1.29 is 4.79 Å². The summed E-state index contributed by atoms with van der Waals surface area (Å²) in [5.41, 5.74) is 1.84. The lowest BCUT2D eigenvalue weighted by Gasteiger charge is -2.07. The first kappa shape index (κ1) is 12.0. The van der Waals surface area contributed by atoms with E-state index in [9.17, 15) is 4.79 Å². The number of anilines is 2. The third-order valence-corrected chi connectivity index (χ3v) is 2.29. The van der Waals surface area contributed by atoms with Gasteiger partial charge in [-0.1, -0.05) is 12.1 Å². The molecule has 0 unspecified atom stereocenters. The Morgan fingerprint density at radius 1 is 1.17 bits per heavy atom. The number of hydrogen-bond donors (Lipinski definition) is 2. The normalized spacial score (nSPS) is 9.89. The Labute approximate surface area is 105 Å². The predicted molar refractivity (Wildman–Crippen MR) is 70.6 cm³/mol. The molecule has 2 aromatic rings. The van der Waals surface area contributed by atoms with Crippen LogP contribution in [0.3, 0.4) is 0 Å². The van der Waals surface area contributed by atoms with Crippen LogP contribution in [0.15, 0.2) is 36.5 Å². The van der Waals surface area contributed by atoms with Gasteiger partial charge >= 0.3 is 6.03 Å². The highest BCUT2D eigenvalue weighted by Gasteiger charge is 2.03. The fourth-order valence-electron chi connectivity index (χ4n) is 1.53. The van der Waals surface area contributed by atoms with Gasteiger partial charge in [-0.15, -0.1) is 0 Å². The maximum atomic E-state index is 11.7. The number of carbonyl (C=O) groups excluding carboxylic acids is 1. The zero-order chi connectivity index (χ0) is 13.0. The SMILES string of the molecule is Cc1cccc(NC(=O)Nc2ccnc(C)n2)c1. The Bertz CT molecular complexity index is 519. The Balaban J connectivity index is 2.01. The minimum atomic E-state index is -0.321. The lowest BCUT2D eigenvalue weighted by Crippen LogP contribution is -2.20. The van der Waals surface area contributed by atoms with Crippen LogP contribution < -0.4 is 10.6 Å². The summed E-state index contributed by atoms with van der Waals surface area (Å²) in [5, 5.41) is 5.39. The Kier molecular flexibility index (Phi) is 3.52. The summed E-state index contributed by atoms with van der Waals surface area (Å²) in [5.74, 6) is 1.09. The number of urea groups is 1. The number of nitrogens with zero attached hydrogens (tertiary/aromatic N) is 2. The first-order chi connectivity index (χ1) is 8.63. The molecule has 0 aliphatic heterocycles. The molecule has 92 valence electrons. The largest absolute Gasteiger partial charge is 0.324 e. The van der Waals surface area contributed by atoms with E-state index in [0.29, 0.717) is 11.6 Å². The molecule has 1 heterocycles. The summed E-state index contributed by atoms with van der Waals surface area (Å²) in [7, 11) is 0. The van der Waals surface area contributed by atoms with Gasteiger partial charge in [-0.2, -0.15) is 0 Å². The molecule has 0 aliphatic rings. The van der Waals surface area contributed by atoms with Crippen LogP contribution in [0.5, 0.6) is 0 Å². The van der Waals surface area contributed by atoms with E-state index < -0.39 is 0 Å². The van der Waals surface area contributed by atoms with Gasteiger partial charge in [0.25, 0.3) is 0 Å². The second kappa shape index (κ2) is 5.27. The molecular weight excluding hydrogens is 228 g/mol. The van der Waals surface area contributed by atoms with Crippen molar-refractivity contribution in [1.82, 2.24) is 9.97 Å². The van der Waals surface area contributed by atoms with E-state index in [1.54, 1.807) is 19.2 Å². The van der Waals surface area contributed by atoms with E-state index in [0.717, 1.165) is 11.3 Å². The minimum absolute atomic E-state index is 0.321. The molecular formula is C13H14N4O. The summed E-state index contributed by atoms with van der Waals surface area (Å²) in [6, 6.07) is 8.90. The van der Waals surface area contributed by atoms with E-state index in [4.69, 9.17) is 0 Å². The minimum Gasteiger partial charge on any atom is -0.308 e. The highest BCUT2D eigenvalue weighted by atomic mass is 16.2. The van der Waals surface area contributed by atoms with Crippen molar-refractivity contribution in [1.29, 1.82) is 0 Å². The Hall–Kier alpha value is -2.43. The molecule has 1 aromatic carbocycles. The second-order valence-electron chi connectivity index (χ2n) is 3.94. The number of amides is 2. The molecule has 5 nitrogen and oxygen atoms in total. The van der Waals surface area contributed by atoms with Crippen molar-refractivity contribution in [2.75, 3.05) is 10.6 Å². The molecule has 0 saturated heterocycles. The molecule has 2 N–H and O–H groups in total. The van der Waals surface area contributed by atoms with Crippen LogP contribution in [0.2, 0.25) is 0 Å². The average molecular weight is 242 g/mol. The molecule has 2 rings (SSSR count). The smallest absolute Gasteiger partial charge is 0.308 e. The number of benzene rings is 1. The van der Waals surface area contributed by atoms with Crippen molar-refractivity contribution in [3.8, 4) is 0 Å². The molecule has 0 bridgehead atoms. The van der Waals surface area contributed by atoms with Crippen molar-refractivity contribution in [3.05, 3.63) is 47.9 Å². The van der Waals surface area contributed by atoms with Crippen molar-refractivity contribution in [2.24, 2.45) is 0 Å². The van der Waals surface area contributed by atoms with Crippen LogP contribution in [-0.2, 0) is 0 Å². The van der Waals surface area contributed by atoms with Gasteiger partial charge in [0.15, 0.2) is 0 Å². The van der Waals surface area contributed by atoms with Gasteiger partial charge in [-0.05, 0) is 37.6 Å². The fourth-order valence-corrected chi connectivity index (χ4v) is 1.53. The summed E-state index contributed by atoms with van der Waals surface area (Å²) < 4.78 is 0. The van der Waals surface area contributed by atoms with E-state index in [-0.39, 0.29) is 6.03 Å². The van der Waals surface area contributed by atoms with Gasteiger partial charge < -0.3 is 5.32 Å². The van der Waals surface area contributed by atoms with Gasteiger partial charge in [0.2, 0.25) is 0 Å². The summed E-state index contributed by atoms with van der Waals surface area (Å²) in [6.07, 6.45) is 1.60. The molecule has 0 saturated carbocycles. The van der Waals surface area contributed by atoms with E-state index in [1.165, 1.54) is 0 Å². The van der Waals surface area contributed by atoms with Crippen LogP contribution in [-0.4, -0.2) is 16.0 Å². The van der Waals surface area contributed by atoms with Crippen LogP contribution >= 0.6 is 0 Å². The van der Waals surface area contributed by atoms with E-state index in [2.05, 4.69) is 20.6 Å². The van der Waals surface area contributed by atoms with Gasteiger partial charge in [-0.25, -0.2) is 14.8 Å². The number of aromatic nitrogens is 2. The monoisotopic (exact) mass is 242 g/mol. The standard InChI is InChI=1S/C13H14N4O/c1-9-4-3-5-11(8-9)16-13(18)17-12-6-7-14-10(2)15-12/h3-8H,1-2H3,(H2,14,15,16,17,18). The summed E-state index contributed by atoms with van der Waals surface area (Å²) >= 11 is 0. The molecule has 0 spiro atoms. The average Bonchev–Trinajstić information content (AvgIpc) is 2.28. The highest BCUT2D eigenvalue weighted by molar-refractivity contribution is 5.99. The third kappa shape index (κ3) is 3.28. The molecule has 18 heavy (non-hydrogen) atoms. The van der Waals surface area contributed by atoms with Crippen molar-refractivity contribution in [3.63, 3.8) is 0 Å².